The summed E-state index contributed by atoms with van der Waals surface area (Å²) in [4.78, 5) is 33.2. The van der Waals surface area contributed by atoms with Crippen molar-refractivity contribution in [2.24, 2.45) is 4.99 Å². The first-order valence-electron chi connectivity index (χ1n) is 10.6. The zero-order chi connectivity index (χ0) is 22.5. The van der Waals surface area contributed by atoms with Gasteiger partial charge in [-0.25, -0.2) is 4.99 Å². The number of halogens is 1. The highest BCUT2D eigenvalue weighted by atomic mass is 79.9. The van der Waals surface area contributed by atoms with Crippen molar-refractivity contribution < 1.29 is 9.59 Å². The van der Waals surface area contributed by atoms with Crippen molar-refractivity contribution in [1.82, 2.24) is 5.32 Å². The topological polar surface area (TPSA) is 61.8 Å². The molecule has 4 rings (SSSR count). The lowest BCUT2D eigenvalue weighted by Crippen LogP contribution is -2.43. The van der Waals surface area contributed by atoms with Gasteiger partial charge in [0.05, 0.1) is 32.2 Å². The number of carbonyl (C=O) groups excluding carboxylic acids is 2. The lowest BCUT2D eigenvalue weighted by molar-refractivity contribution is -0.123. The summed E-state index contributed by atoms with van der Waals surface area (Å²) in [6.07, 6.45) is 1.88. The van der Waals surface area contributed by atoms with Gasteiger partial charge in [-0.2, -0.15) is 0 Å². The fourth-order valence-electron chi connectivity index (χ4n) is 3.69. The van der Waals surface area contributed by atoms with Crippen LogP contribution in [0.4, 0.5) is 11.4 Å². The lowest BCUT2D eigenvalue weighted by atomic mass is 10.1. The van der Waals surface area contributed by atoms with Crippen LogP contribution in [0.5, 0.6) is 0 Å². The van der Waals surface area contributed by atoms with Gasteiger partial charge in [-0.1, -0.05) is 42.5 Å². The number of aliphatic imine (C=N–C) groups is 1. The number of anilines is 1. The van der Waals surface area contributed by atoms with Gasteiger partial charge in [0.1, 0.15) is 6.54 Å². The van der Waals surface area contributed by atoms with E-state index in [1.807, 2.05) is 61.5 Å². The number of amides is 2. The third-order valence-corrected chi connectivity index (χ3v) is 7.00. The third-order valence-electron chi connectivity index (χ3n) is 5.32. The van der Waals surface area contributed by atoms with Crippen LogP contribution in [0.1, 0.15) is 30.2 Å². The second-order valence-electron chi connectivity index (χ2n) is 7.80. The maximum absolute atomic E-state index is 13.2. The Balaban J connectivity index is 1.44. The van der Waals surface area contributed by atoms with Gasteiger partial charge in [0.25, 0.3) is 0 Å². The van der Waals surface area contributed by atoms with E-state index >= 15 is 0 Å². The lowest BCUT2D eigenvalue weighted by Gasteiger charge is -2.23. The van der Waals surface area contributed by atoms with Crippen molar-refractivity contribution in [3.8, 4) is 0 Å². The van der Waals surface area contributed by atoms with Crippen molar-refractivity contribution in [3.63, 3.8) is 0 Å². The zero-order valence-corrected chi connectivity index (χ0v) is 20.2. The van der Waals surface area contributed by atoms with Crippen LogP contribution in [-0.2, 0) is 16.0 Å². The first kappa shape index (κ1) is 22.4. The van der Waals surface area contributed by atoms with Crippen molar-refractivity contribution in [2.75, 3.05) is 11.4 Å². The molecule has 1 aromatic heterocycles. The van der Waals surface area contributed by atoms with Gasteiger partial charge < -0.3 is 10.2 Å². The molecule has 0 spiro atoms. The number of carbonyl (C=O) groups is 2. The van der Waals surface area contributed by atoms with Crippen LogP contribution >= 0.6 is 27.3 Å². The molecule has 2 amide bonds. The minimum Gasteiger partial charge on any atom is -0.352 e. The molecule has 0 fully saturated rings. The van der Waals surface area contributed by atoms with Gasteiger partial charge in [-0.05, 0) is 65.5 Å². The summed E-state index contributed by atoms with van der Waals surface area (Å²) in [6.45, 7) is 1.97. The molecular weight excluding hydrogens is 486 g/mol. The normalized spacial score (nSPS) is 14.4. The predicted octanol–water partition coefficient (Wildman–Crippen LogP) is 5.51. The highest BCUT2D eigenvalue weighted by Gasteiger charge is 2.27. The summed E-state index contributed by atoms with van der Waals surface area (Å²) < 4.78 is 0.987. The monoisotopic (exact) mass is 509 g/mol. The second-order valence-corrected chi connectivity index (χ2v) is 10.3. The molecule has 2 heterocycles. The van der Waals surface area contributed by atoms with Gasteiger partial charge in [0.15, 0.2) is 0 Å². The van der Waals surface area contributed by atoms with Crippen LogP contribution in [0.2, 0.25) is 0 Å². The van der Waals surface area contributed by atoms with E-state index in [1.165, 1.54) is 5.56 Å². The molecule has 5 nitrogen and oxygen atoms in total. The Morgan fingerprint density at radius 2 is 1.88 bits per heavy atom. The van der Waals surface area contributed by atoms with E-state index in [2.05, 4.69) is 33.4 Å². The molecule has 0 bridgehead atoms. The minimum absolute atomic E-state index is 0.00955. The summed E-state index contributed by atoms with van der Waals surface area (Å²) in [5.74, 6) is -0.304. The molecule has 164 valence electrons. The summed E-state index contributed by atoms with van der Waals surface area (Å²) in [6, 6.07) is 21.6. The molecule has 1 aliphatic heterocycles. The maximum Gasteiger partial charge on any atom is 0.240 e. The minimum atomic E-state index is -0.170. The van der Waals surface area contributed by atoms with Crippen LogP contribution in [-0.4, -0.2) is 30.1 Å². The zero-order valence-electron chi connectivity index (χ0n) is 17.8. The highest BCUT2D eigenvalue weighted by molar-refractivity contribution is 9.11. The Bertz CT molecular complexity index is 1140. The SMILES string of the molecule is C[C@H](CCc1ccccc1)NC(=O)CN1C(=O)CC(c2ccc(Br)s2)=Nc2ccccc21. The average Bonchev–Trinajstić information content (AvgIpc) is 3.17. The number of hydrogen-bond donors (Lipinski definition) is 1. The van der Waals surface area contributed by atoms with Gasteiger partial charge in [0, 0.05) is 6.04 Å². The molecule has 32 heavy (non-hydrogen) atoms. The Kier molecular flexibility index (Phi) is 7.17. The van der Waals surface area contributed by atoms with E-state index in [4.69, 9.17) is 4.99 Å². The molecule has 7 heteroatoms. The predicted molar refractivity (Wildman–Crippen MR) is 134 cm³/mol. The summed E-state index contributed by atoms with van der Waals surface area (Å²) >= 11 is 5.02. The number of para-hydroxylation sites is 2. The van der Waals surface area contributed by atoms with Gasteiger partial charge >= 0.3 is 0 Å². The van der Waals surface area contributed by atoms with E-state index in [0.29, 0.717) is 11.4 Å². The first-order valence-corrected chi connectivity index (χ1v) is 12.2. The molecule has 1 N–H and O–H groups in total. The van der Waals surface area contributed by atoms with Crippen LogP contribution < -0.4 is 10.2 Å². The van der Waals surface area contributed by atoms with Crippen LogP contribution in [0, 0.1) is 0 Å². The Morgan fingerprint density at radius 3 is 2.62 bits per heavy atom. The molecular formula is C25H24BrN3O2S. The van der Waals surface area contributed by atoms with E-state index in [-0.39, 0.29) is 30.8 Å². The van der Waals surface area contributed by atoms with E-state index in [9.17, 15) is 9.59 Å². The quantitative estimate of drug-likeness (QED) is 0.456. The second kappa shape index (κ2) is 10.2. The fourth-order valence-corrected chi connectivity index (χ4v) is 5.07. The molecule has 0 aliphatic carbocycles. The molecule has 1 atom stereocenters. The number of benzene rings is 2. The number of nitrogens with zero attached hydrogens (tertiary/aromatic N) is 2. The third kappa shape index (κ3) is 5.53. The van der Waals surface area contributed by atoms with Crippen LogP contribution in [0.25, 0.3) is 0 Å². The highest BCUT2D eigenvalue weighted by Crippen LogP contribution is 2.34. The van der Waals surface area contributed by atoms with Crippen molar-refractivity contribution in [1.29, 1.82) is 0 Å². The average molecular weight is 510 g/mol. The maximum atomic E-state index is 13.2. The Labute approximate surface area is 200 Å². The van der Waals surface area contributed by atoms with Gasteiger partial charge in [-0.15, -0.1) is 11.3 Å². The summed E-state index contributed by atoms with van der Waals surface area (Å²) in [5, 5.41) is 3.04. The molecule has 0 radical (unpaired) electrons. The van der Waals surface area contributed by atoms with Crippen LogP contribution in [0.15, 0.2) is 75.5 Å². The number of thiophene rings is 1. The standard InChI is InChI=1S/C25H24BrN3O2S/c1-17(11-12-18-7-3-2-4-8-18)27-24(30)16-29-21-10-6-5-9-19(21)28-20(15-25(29)31)22-13-14-23(26)32-22/h2-10,13-14,17H,11-12,15-16H2,1H3,(H,27,30)/t17-/m1/s1. The summed E-state index contributed by atoms with van der Waals surface area (Å²) in [5.41, 5.74) is 3.32. The van der Waals surface area contributed by atoms with E-state index in [0.717, 1.165) is 27.2 Å². The number of hydrogen-bond acceptors (Lipinski definition) is 4. The van der Waals surface area contributed by atoms with Crippen molar-refractivity contribution in [3.05, 3.63) is 81.0 Å². The molecule has 0 saturated carbocycles. The van der Waals surface area contributed by atoms with Crippen molar-refractivity contribution >= 4 is 56.2 Å². The largest absolute Gasteiger partial charge is 0.352 e. The molecule has 2 aromatic carbocycles. The van der Waals surface area contributed by atoms with E-state index < -0.39 is 0 Å². The van der Waals surface area contributed by atoms with Gasteiger partial charge in [-0.3, -0.25) is 9.59 Å². The molecule has 0 unspecified atom stereocenters. The van der Waals surface area contributed by atoms with Gasteiger partial charge in [0.2, 0.25) is 11.8 Å². The Morgan fingerprint density at radius 1 is 1.12 bits per heavy atom. The molecule has 0 saturated heterocycles. The summed E-state index contributed by atoms with van der Waals surface area (Å²) in [7, 11) is 0. The first-order chi connectivity index (χ1) is 15.5. The van der Waals surface area contributed by atoms with Crippen molar-refractivity contribution in [2.45, 2.75) is 32.2 Å². The number of fused-ring (bicyclic) bond motifs is 1. The van der Waals surface area contributed by atoms with Crippen LogP contribution in [0.3, 0.4) is 0 Å². The number of aryl methyl sites for hydroxylation is 1. The van der Waals surface area contributed by atoms with E-state index in [1.54, 1.807) is 16.2 Å². The fraction of sp³-hybridized carbons (Fsp3) is 0.240. The number of rotatable bonds is 7. The Hall–Kier alpha value is -2.77. The smallest absolute Gasteiger partial charge is 0.240 e. The molecule has 3 aromatic rings. The molecule has 1 aliphatic rings. The number of nitrogens with one attached hydrogen (secondary N) is 1.